The highest BCUT2D eigenvalue weighted by Gasteiger charge is 2.55. The predicted octanol–water partition coefficient (Wildman–Crippen LogP) is 1.68. The van der Waals surface area contributed by atoms with Crippen molar-refractivity contribution in [2.75, 3.05) is 19.4 Å². The number of nitrogens with zero attached hydrogens (tertiary/aromatic N) is 1. The number of benzene rings is 1. The summed E-state index contributed by atoms with van der Waals surface area (Å²) in [7, 11) is 1.50. The van der Waals surface area contributed by atoms with E-state index in [0.717, 1.165) is 5.56 Å². The molecule has 0 aromatic heterocycles. The number of carbonyl (C=O) groups excluding carboxylic acids is 2. The summed E-state index contributed by atoms with van der Waals surface area (Å²) in [6.45, 7) is 2.13. The number of methoxy groups -OCH3 is 1. The van der Waals surface area contributed by atoms with Gasteiger partial charge in [-0.1, -0.05) is 42.5 Å². The molecule has 3 unspecified atom stereocenters. The molecule has 0 saturated carbocycles. The highest BCUT2D eigenvalue weighted by Crippen LogP contribution is 2.43. The van der Waals surface area contributed by atoms with Crippen molar-refractivity contribution in [3.63, 3.8) is 0 Å². The molecule has 6 nitrogen and oxygen atoms in total. The van der Waals surface area contributed by atoms with Gasteiger partial charge in [0.05, 0.1) is 0 Å². The van der Waals surface area contributed by atoms with E-state index in [1.165, 1.54) is 18.9 Å². The van der Waals surface area contributed by atoms with Gasteiger partial charge in [-0.05, 0) is 6.92 Å². The molecule has 0 bridgehead atoms. The first-order chi connectivity index (χ1) is 12.0. The van der Waals surface area contributed by atoms with Gasteiger partial charge in [-0.25, -0.2) is 0 Å². The zero-order valence-corrected chi connectivity index (χ0v) is 15.1. The Kier molecular flexibility index (Phi) is 5.17. The number of rotatable bonds is 5. The van der Waals surface area contributed by atoms with Gasteiger partial charge >= 0.3 is 5.97 Å². The van der Waals surface area contributed by atoms with E-state index < -0.39 is 23.7 Å². The Morgan fingerprint density at radius 3 is 2.80 bits per heavy atom. The third-order valence-corrected chi connectivity index (χ3v) is 6.11. The molecule has 0 spiro atoms. The summed E-state index contributed by atoms with van der Waals surface area (Å²) < 4.78 is 11.0. The Morgan fingerprint density at radius 2 is 2.16 bits per heavy atom. The Bertz CT molecular complexity index is 681. The maximum absolute atomic E-state index is 13.0. The van der Waals surface area contributed by atoms with Crippen LogP contribution in [0.3, 0.4) is 0 Å². The molecule has 1 aromatic carbocycles. The standard InChI is InChI=1S/C18H22N2O4S/c1-3-9-18(10-20-14(21)13(19)15(20)25-11-18)17(22)24-16(23-2)12-7-5-4-6-8-12/h3-9,13,15-16H,10-11,19H2,1-2H3/t13?,15-,16?,18?/m1/s1. The van der Waals surface area contributed by atoms with E-state index in [1.807, 2.05) is 49.4 Å². The molecule has 2 heterocycles. The van der Waals surface area contributed by atoms with Crippen LogP contribution in [-0.2, 0) is 19.1 Å². The van der Waals surface area contributed by atoms with Gasteiger partial charge in [-0.2, -0.15) is 0 Å². The Labute approximate surface area is 151 Å². The van der Waals surface area contributed by atoms with E-state index in [1.54, 1.807) is 4.90 Å². The molecule has 2 aliphatic heterocycles. The van der Waals surface area contributed by atoms with Gasteiger partial charge in [0.2, 0.25) is 12.2 Å². The van der Waals surface area contributed by atoms with Crippen molar-refractivity contribution < 1.29 is 19.1 Å². The van der Waals surface area contributed by atoms with Crippen molar-refractivity contribution >= 4 is 23.6 Å². The van der Waals surface area contributed by atoms with Gasteiger partial charge < -0.3 is 20.1 Å². The minimum Gasteiger partial charge on any atom is -0.431 e. The van der Waals surface area contributed by atoms with Gasteiger partial charge in [0, 0.05) is 25.0 Å². The largest absolute Gasteiger partial charge is 0.431 e. The molecule has 1 amide bonds. The van der Waals surface area contributed by atoms with Crippen LogP contribution in [-0.4, -0.2) is 47.6 Å². The molecule has 134 valence electrons. The Balaban J connectivity index is 1.78. The number of hydrogen-bond acceptors (Lipinski definition) is 6. The fourth-order valence-electron chi connectivity index (χ4n) is 3.18. The number of fused-ring (bicyclic) bond motifs is 1. The van der Waals surface area contributed by atoms with E-state index in [9.17, 15) is 9.59 Å². The van der Waals surface area contributed by atoms with Crippen LogP contribution in [0.25, 0.3) is 0 Å². The fourth-order valence-corrected chi connectivity index (χ4v) is 4.64. The van der Waals surface area contributed by atoms with Crippen LogP contribution >= 0.6 is 11.8 Å². The van der Waals surface area contributed by atoms with Crippen molar-refractivity contribution in [1.82, 2.24) is 4.90 Å². The van der Waals surface area contributed by atoms with Gasteiger partial charge in [0.1, 0.15) is 16.8 Å². The number of nitrogens with two attached hydrogens (primary N) is 1. The van der Waals surface area contributed by atoms with Crippen LogP contribution in [0, 0.1) is 5.41 Å². The number of esters is 1. The second kappa shape index (κ2) is 7.19. The van der Waals surface area contributed by atoms with Crippen LogP contribution in [0.4, 0.5) is 0 Å². The third kappa shape index (κ3) is 3.19. The summed E-state index contributed by atoms with van der Waals surface area (Å²) >= 11 is 1.52. The number of amides is 1. The highest BCUT2D eigenvalue weighted by atomic mass is 32.2. The van der Waals surface area contributed by atoms with Crippen LogP contribution in [0.15, 0.2) is 42.5 Å². The molecule has 7 heteroatoms. The summed E-state index contributed by atoms with van der Waals surface area (Å²) in [5, 5.41) is -0.0500. The number of hydrogen-bond donors (Lipinski definition) is 1. The fraction of sp³-hybridized carbons (Fsp3) is 0.444. The lowest BCUT2D eigenvalue weighted by Crippen LogP contribution is -2.72. The summed E-state index contributed by atoms with van der Waals surface area (Å²) in [5.41, 5.74) is 5.70. The summed E-state index contributed by atoms with van der Waals surface area (Å²) in [6, 6.07) is 8.81. The van der Waals surface area contributed by atoms with Crippen molar-refractivity contribution in [3.05, 3.63) is 48.0 Å². The molecule has 0 radical (unpaired) electrons. The number of allylic oxidation sites excluding steroid dienone is 1. The van der Waals surface area contributed by atoms with E-state index in [4.69, 9.17) is 15.2 Å². The van der Waals surface area contributed by atoms with E-state index >= 15 is 0 Å². The number of ether oxygens (including phenoxy) is 2. The first-order valence-electron chi connectivity index (χ1n) is 8.13. The van der Waals surface area contributed by atoms with Crippen LogP contribution < -0.4 is 5.73 Å². The first-order valence-corrected chi connectivity index (χ1v) is 9.17. The van der Waals surface area contributed by atoms with Crippen molar-refractivity contribution in [3.8, 4) is 0 Å². The predicted molar refractivity (Wildman–Crippen MR) is 95.5 cm³/mol. The second-order valence-electron chi connectivity index (χ2n) is 6.23. The van der Waals surface area contributed by atoms with E-state index in [-0.39, 0.29) is 17.8 Å². The topological polar surface area (TPSA) is 81.9 Å². The normalized spacial score (nSPS) is 29.9. The number of β-lactam (4-membered cyclic amide) rings is 1. The summed E-state index contributed by atoms with van der Waals surface area (Å²) in [5.74, 6) is -0.00505. The molecule has 3 rings (SSSR count). The first kappa shape index (κ1) is 18.0. The van der Waals surface area contributed by atoms with E-state index in [2.05, 4.69) is 0 Å². The summed E-state index contributed by atoms with van der Waals surface area (Å²) in [4.78, 5) is 26.6. The lowest BCUT2D eigenvalue weighted by atomic mass is 9.86. The lowest BCUT2D eigenvalue weighted by Gasteiger charge is -2.52. The second-order valence-corrected chi connectivity index (χ2v) is 7.34. The molecule has 2 N–H and O–H groups in total. The molecule has 2 aliphatic rings. The van der Waals surface area contributed by atoms with Crippen molar-refractivity contribution in [2.24, 2.45) is 11.1 Å². The zero-order chi connectivity index (χ0) is 18.0. The van der Waals surface area contributed by atoms with Crippen LogP contribution in [0.5, 0.6) is 0 Å². The quantitative estimate of drug-likeness (QED) is 0.371. The monoisotopic (exact) mass is 362 g/mol. The molecule has 1 aromatic rings. The lowest BCUT2D eigenvalue weighted by molar-refractivity contribution is -0.185. The van der Waals surface area contributed by atoms with Gasteiger partial charge in [0.15, 0.2) is 0 Å². The van der Waals surface area contributed by atoms with E-state index in [0.29, 0.717) is 5.75 Å². The number of carbonyl (C=O) groups is 2. The van der Waals surface area contributed by atoms with Crippen LogP contribution in [0.1, 0.15) is 18.8 Å². The summed E-state index contributed by atoms with van der Waals surface area (Å²) in [6.07, 6.45) is 2.84. The smallest absolute Gasteiger partial charge is 0.321 e. The Hall–Kier alpha value is -1.83. The molecule has 25 heavy (non-hydrogen) atoms. The molecule has 2 fully saturated rings. The van der Waals surface area contributed by atoms with Gasteiger partial charge in [-0.3, -0.25) is 9.59 Å². The third-order valence-electron chi connectivity index (χ3n) is 4.54. The molecule has 2 saturated heterocycles. The highest BCUT2D eigenvalue weighted by molar-refractivity contribution is 8.00. The minimum atomic E-state index is -0.892. The maximum Gasteiger partial charge on any atom is 0.321 e. The van der Waals surface area contributed by atoms with Gasteiger partial charge in [0.25, 0.3) is 0 Å². The Morgan fingerprint density at radius 1 is 1.44 bits per heavy atom. The minimum absolute atomic E-state index is 0.0500. The molecular formula is C18H22N2O4S. The van der Waals surface area contributed by atoms with Crippen LogP contribution in [0.2, 0.25) is 0 Å². The SMILES string of the molecule is CC=CC1(C(=O)OC(OC)c2ccccc2)CS[C@@H]2C(N)C(=O)N2C1. The van der Waals surface area contributed by atoms with Gasteiger partial charge in [-0.15, -0.1) is 11.8 Å². The maximum atomic E-state index is 13.0. The number of thioether (sulfide) groups is 1. The molecule has 4 atom stereocenters. The van der Waals surface area contributed by atoms with Crippen molar-refractivity contribution in [2.45, 2.75) is 24.6 Å². The van der Waals surface area contributed by atoms with Crippen molar-refractivity contribution in [1.29, 1.82) is 0 Å². The average molecular weight is 362 g/mol. The average Bonchev–Trinajstić information content (AvgIpc) is 2.66. The zero-order valence-electron chi connectivity index (χ0n) is 14.3. The molecule has 0 aliphatic carbocycles. The molecular weight excluding hydrogens is 340 g/mol.